The zero-order chi connectivity index (χ0) is 17.6. The Labute approximate surface area is 162 Å². The van der Waals surface area contributed by atoms with Crippen molar-refractivity contribution in [1.82, 2.24) is 10.6 Å². The maximum atomic E-state index is 12.5. The molecule has 3 rings (SSSR count). The summed E-state index contributed by atoms with van der Waals surface area (Å²) in [6.07, 6.45) is 0.780. The molecule has 2 aromatic rings. The third-order valence-electron chi connectivity index (χ3n) is 4.07. The highest BCUT2D eigenvalue weighted by atomic mass is 79.9. The van der Waals surface area contributed by atoms with E-state index in [1.807, 2.05) is 42.5 Å². The molecule has 0 spiro atoms. The average Bonchev–Trinajstić information content (AvgIpc) is 2.62. The Hall–Kier alpha value is -2.51. The van der Waals surface area contributed by atoms with Gasteiger partial charge in [0.15, 0.2) is 0 Å². The summed E-state index contributed by atoms with van der Waals surface area (Å²) in [7, 11) is 0. The molecule has 0 bridgehead atoms. The van der Waals surface area contributed by atoms with Crippen LogP contribution in [-0.2, 0) is 16.1 Å². The molecule has 1 fully saturated rings. The number of nitrogens with one attached hydrogen (secondary N) is 3. The van der Waals surface area contributed by atoms with Crippen LogP contribution in [0.5, 0.6) is 0 Å². The number of halogens is 1. The maximum absolute atomic E-state index is 12.5. The number of carbonyl (C=O) groups is 3. The number of carbonyl (C=O) groups excluding carboxylic acids is 3. The molecule has 0 aromatic heterocycles. The summed E-state index contributed by atoms with van der Waals surface area (Å²) in [5.74, 6) is -0.764. The van der Waals surface area contributed by atoms with Gasteiger partial charge in [-0.05, 0) is 30.2 Å². The van der Waals surface area contributed by atoms with Gasteiger partial charge in [0, 0.05) is 24.2 Å². The third-order valence-corrected chi connectivity index (χ3v) is 4.07. The monoisotopic (exact) mass is 417 g/mol. The van der Waals surface area contributed by atoms with Gasteiger partial charge in [-0.15, -0.1) is 17.0 Å². The average molecular weight is 418 g/mol. The number of imide groups is 1. The van der Waals surface area contributed by atoms with Crippen molar-refractivity contribution in [3.05, 3.63) is 65.7 Å². The first-order valence-corrected chi connectivity index (χ1v) is 8.15. The van der Waals surface area contributed by atoms with E-state index in [1.54, 1.807) is 12.1 Å². The van der Waals surface area contributed by atoms with Gasteiger partial charge in [-0.3, -0.25) is 19.7 Å². The van der Waals surface area contributed by atoms with Crippen LogP contribution < -0.4 is 16.0 Å². The van der Waals surface area contributed by atoms with Crippen molar-refractivity contribution in [3.8, 4) is 0 Å². The molecule has 26 heavy (non-hydrogen) atoms. The fraction of sp³-hybridized carbons (Fsp3) is 0.211. The smallest absolute Gasteiger partial charge is 0.255 e. The summed E-state index contributed by atoms with van der Waals surface area (Å²) in [4.78, 5) is 35.5. The van der Waals surface area contributed by atoms with Gasteiger partial charge in [0.05, 0.1) is 6.04 Å². The van der Waals surface area contributed by atoms with Crippen molar-refractivity contribution < 1.29 is 14.4 Å². The van der Waals surface area contributed by atoms with E-state index in [2.05, 4.69) is 16.0 Å². The lowest BCUT2D eigenvalue weighted by atomic mass is 10.0. The quantitative estimate of drug-likeness (QED) is 0.651. The van der Waals surface area contributed by atoms with Crippen molar-refractivity contribution in [3.63, 3.8) is 0 Å². The van der Waals surface area contributed by atoms with Gasteiger partial charge in [-0.1, -0.05) is 36.4 Å². The Morgan fingerprint density at radius 3 is 2.46 bits per heavy atom. The van der Waals surface area contributed by atoms with E-state index in [0.29, 0.717) is 24.9 Å². The molecule has 6 nitrogen and oxygen atoms in total. The summed E-state index contributed by atoms with van der Waals surface area (Å²) < 4.78 is 0. The second kappa shape index (κ2) is 9.26. The van der Waals surface area contributed by atoms with Crippen molar-refractivity contribution in [2.45, 2.75) is 25.4 Å². The lowest BCUT2D eigenvalue weighted by Gasteiger charge is -2.22. The van der Waals surface area contributed by atoms with Gasteiger partial charge in [-0.25, -0.2) is 0 Å². The molecular formula is C19H20BrN3O3. The summed E-state index contributed by atoms with van der Waals surface area (Å²) in [6, 6.07) is 16.0. The van der Waals surface area contributed by atoms with E-state index in [9.17, 15) is 14.4 Å². The van der Waals surface area contributed by atoms with E-state index in [0.717, 1.165) is 11.3 Å². The van der Waals surface area contributed by atoms with Crippen LogP contribution >= 0.6 is 17.0 Å². The van der Waals surface area contributed by atoms with Crippen molar-refractivity contribution in [1.29, 1.82) is 0 Å². The van der Waals surface area contributed by atoms with Gasteiger partial charge < -0.3 is 10.6 Å². The topological polar surface area (TPSA) is 87.3 Å². The second-order valence-electron chi connectivity index (χ2n) is 5.86. The van der Waals surface area contributed by atoms with E-state index in [1.165, 1.54) is 0 Å². The van der Waals surface area contributed by atoms with Crippen LogP contribution in [0, 0.1) is 0 Å². The minimum Gasteiger partial charge on any atom is -0.322 e. The van der Waals surface area contributed by atoms with E-state index >= 15 is 0 Å². The molecule has 2 aromatic carbocycles. The van der Waals surface area contributed by atoms with Crippen LogP contribution in [-0.4, -0.2) is 23.8 Å². The minimum atomic E-state index is -0.428. The summed E-state index contributed by atoms with van der Waals surface area (Å²) in [5.41, 5.74) is 2.06. The molecule has 1 aliphatic rings. The number of rotatable bonds is 5. The van der Waals surface area contributed by atoms with Gasteiger partial charge in [0.2, 0.25) is 11.8 Å². The Balaban J connectivity index is 0.00000243. The Morgan fingerprint density at radius 2 is 1.73 bits per heavy atom. The molecule has 1 aliphatic heterocycles. The van der Waals surface area contributed by atoms with Gasteiger partial charge in [0.25, 0.3) is 5.91 Å². The molecule has 1 saturated heterocycles. The standard InChI is InChI=1S/C19H19N3O3.BrH/c23-17-11-10-16(19(25)22-17)20-12-13-6-4-5-9-15(13)18(24)21-14-7-2-1-3-8-14;/h1-9,16,20H,10-12H2,(H,21,24)(H,22,23,25);1H/t16-;/m0./s1. The van der Waals surface area contributed by atoms with Crippen molar-refractivity contribution in [2.75, 3.05) is 5.32 Å². The molecule has 0 aliphatic carbocycles. The molecule has 3 amide bonds. The fourth-order valence-electron chi connectivity index (χ4n) is 2.74. The van der Waals surface area contributed by atoms with Crippen LogP contribution in [0.3, 0.4) is 0 Å². The number of hydrogen-bond acceptors (Lipinski definition) is 4. The molecule has 7 heteroatoms. The molecule has 0 saturated carbocycles. The van der Waals surface area contributed by atoms with Crippen LogP contribution in [0.2, 0.25) is 0 Å². The van der Waals surface area contributed by atoms with Gasteiger partial charge in [0.1, 0.15) is 0 Å². The van der Waals surface area contributed by atoms with Gasteiger partial charge in [-0.2, -0.15) is 0 Å². The number of hydrogen-bond donors (Lipinski definition) is 3. The number of para-hydroxylation sites is 1. The number of benzene rings is 2. The Morgan fingerprint density at radius 1 is 1.04 bits per heavy atom. The summed E-state index contributed by atoms with van der Waals surface area (Å²) in [5, 5.41) is 8.30. The maximum Gasteiger partial charge on any atom is 0.255 e. The molecule has 136 valence electrons. The van der Waals surface area contributed by atoms with Crippen LogP contribution in [0.4, 0.5) is 5.69 Å². The predicted octanol–water partition coefficient (Wildman–Crippen LogP) is 2.41. The lowest BCUT2D eigenvalue weighted by Crippen LogP contribution is -2.50. The Bertz CT molecular complexity index is 796. The zero-order valence-corrected chi connectivity index (χ0v) is 15.7. The highest BCUT2D eigenvalue weighted by molar-refractivity contribution is 8.93. The normalized spacial score (nSPS) is 16.4. The zero-order valence-electron chi connectivity index (χ0n) is 14.0. The first-order valence-electron chi connectivity index (χ1n) is 8.15. The number of amides is 3. The van der Waals surface area contributed by atoms with Crippen molar-refractivity contribution in [2.24, 2.45) is 0 Å². The number of anilines is 1. The van der Waals surface area contributed by atoms with Crippen LogP contribution in [0.15, 0.2) is 54.6 Å². The Kier molecular flexibility index (Phi) is 7.06. The van der Waals surface area contributed by atoms with Crippen LogP contribution in [0.1, 0.15) is 28.8 Å². The highest BCUT2D eigenvalue weighted by Crippen LogP contribution is 2.14. The number of piperidine rings is 1. The first kappa shape index (κ1) is 19.8. The van der Waals surface area contributed by atoms with Gasteiger partial charge >= 0.3 is 0 Å². The molecule has 3 N–H and O–H groups in total. The highest BCUT2D eigenvalue weighted by Gasteiger charge is 2.26. The minimum absolute atomic E-state index is 0. The van der Waals surface area contributed by atoms with Crippen molar-refractivity contribution >= 4 is 40.4 Å². The van der Waals surface area contributed by atoms with E-state index < -0.39 is 6.04 Å². The summed E-state index contributed by atoms with van der Waals surface area (Å²) >= 11 is 0. The predicted molar refractivity (Wildman–Crippen MR) is 104 cm³/mol. The molecule has 0 radical (unpaired) electrons. The fourth-order valence-corrected chi connectivity index (χ4v) is 2.74. The van der Waals surface area contributed by atoms with Crippen LogP contribution in [0.25, 0.3) is 0 Å². The first-order chi connectivity index (χ1) is 12.1. The van der Waals surface area contributed by atoms with E-state index in [-0.39, 0.29) is 34.7 Å². The van der Waals surface area contributed by atoms with E-state index in [4.69, 9.17) is 0 Å². The third kappa shape index (κ3) is 5.00. The summed E-state index contributed by atoms with van der Waals surface area (Å²) in [6.45, 7) is 0.366. The SMILES string of the molecule is Br.O=C1CC[C@H](NCc2ccccc2C(=O)Nc2ccccc2)C(=O)N1. The largest absolute Gasteiger partial charge is 0.322 e. The molecule has 1 atom stereocenters. The molecular weight excluding hydrogens is 398 g/mol. The molecule has 1 heterocycles. The molecule has 0 unspecified atom stereocenters. The lowest BCUT2D eigenvalue weighted by molar-refractivity contribution is -0.134. The second-order valence-corrected chi connectivity index (χ2v) is 5.86.